The van der Waals surface area contributed by atoms with Crippen LogP contribution in [0.1, 0.15) is 39.7 Å². The molecule has 0 spiro atoms. The standard InChI is InChI=1S/C16H21N3O/c1-5-19-10-14(13(4)18-19)9-17-16(20)15-7-6-11(2)8-12(15)3/h6-8,10H,5,9H2,1-4H3,(H,17,20). The molecule has 0 radical (unpaired) electrons. The number of aryl methyl sites for hydroxylation is 4. The normalized spacial score (nSPS) is 10.6. The van der Waals surface area contributed by atoms with E-state index in [1.54, 1.807) is 0 Å². The summed E-state index contributed by atoms with van der Waals surface area (Å²) in [5.41, 5.74) is 4.93. The van der Waals surface area contributed by atoms with Gasteiger partial charge in [-0.2, -0.15) is 5.10 Å². The summed E-state index contributed by atoms with van der Waals surface area (Å²) in [4.78, 5) is 12.2. The molecule has 4 nitrogen and oxygen atoms in total. The molecule has 2 aromatic rings. The number of carbonyl (C=O) groups excluding carboxylic acids is 1. The maximum Gasteiger partial charge on any atom is 0.251 e. The number of aromatic nitrogens is 2. The Morgan fingerprint density at radius 3 is 2.65 bits per heavy atom. The second kappa shape index (κ2) is 5.90. The van der Waals surface area contributed by atoms with Gasteiger partial charge in [-0.3, -0.25) is 9.48 Å². The maximum atomic E-state index is 12.2. The fourth-order valence-corrected chi connectivity index (χ4v) is 2.23. The highest BCUT2D eigenvalue weighted by molar-refractivity contribution is 5.95. The first-order chi connectivity index (χ1) is 9.51. The molecule has 0 bridgehead atoms. The number of nitrogens with one attached hydrogen (secondary N) is 1. The summed E-state index contributed by atoms with van der Waals surface area (Å²) in [5.74, 6) is -0.0360. The van der Waals surface area contributed by atoms with E-state index >= 15 is 0 Å². The molecule has 0 saturated carbocycles. The molecule has 0 atom stereocenters. The van der Waals surface area contributed by atoms with Crippen molar-refractivity contribution < 1.29 is 4.79 Å². The minimum Gasteiger partial charge on any atom is -0.348 e. The van der Waals surface area contributed by atoms with Crippen LogP contribution >= 0.6 is 0 Å². The van der Waals surface area contributed by atoms with E-state index < -0.39 is 0 Å². The van der Waals surface area contributed by atoms with Gasteiger partial charge >= 0.3 is 0 Å². The molecule has 1 N–H and O–H groups in total. The lowest BCUT2D eigenvalue weighted by atomic mass is 10.1. The largest absolute Gasteiger partial charge is 0.348 e. The third-order valence-electron chi connectivity index (χ3n) is 3.44. The van der Waals surface area contributed by atoms with Gasteiger partial charge in [0.1, 0.15) is 0 Å². The number of amides is 1. The maximum absolute atomic E-state index is 12.2. The van der Waals surface area contributed by atoms with Crippen molar-refractivity contribution in [2.75, 3.05) is 0 Å². The number of hydrogen-bond acceptors (Lipinski definition) is 2. The van der Waals surface area contributed by atoms with Crippen molar-refractivity contribution in [2.45, 2.75) is 40.8 Å². The SMILES string of the molecule is CCn1cc(CNC(=O)c2ccc(C)cc2C)c(C)n1. The molecule has 0 fully saturated rings. The fourth-order valence-electron chi connectivity index (χ4n) is 2.23. The summed E-state index contributed by atoms with van der Waals surface area (Å²) in [6.07, 6.45) is 1.98. The second-order valence-corrected chi connectivity index (χ2v) is 5.10. The molecule has 106 valence electrons. The van der Waals surface area contributed by atoms with E-state index in [0.29, 0.717) is 6.54 Å². The fraction of sp³-hybridized carbons (Fsp3) is 0.375. The molecule has 2 rings (SSSR count). The molecule has 0 aliphatic heterocycles. The first kappa shape index (κ1) is 14.3. The van der Waals surface area contributed by atoms with Crippen LogP contribution in [0, 0.1) is 20.8 Å². The summed E-state index contributed by atoms with van der Waals surface area (Å²) >= 11 is 0. The van der Waals surface area contributed by atoms with E-state index in [4.69, 9.17) is 0 Å². The minimum absolute atomic E-state index is 0.0360. The molecule has 0 saturated heterocycles. The monoisotopic (exact) mass is 271 g/mol. The highest BCUT2D eigenvalue weighted by Gasteiger charge is 2.10. The molecule has 20 heavy (non-hydrogen) atoms. The molecular formula is C16H21N3O. The first-order valence-electron chi connectivity index (χ1n) is 6.89. The Bertz CT molecular complexity index is 629. The highest BCUT2D eigenvalue weighted by Crippen LogP contribution is 2.11. The van der Waals surface area contributed by atoms with E-state index in [0.717, 1.165) is 28.9 Å². The van der Waals surface area contributed by atoms with E-state index in [1.165, 1.54) is 5.56 Å². The number of hydrogen-bond donors (Lipinski definition) is 1. The van der Waals surface area contributed by atoms with Gasteiger partial charge in [-0.15, -0.1) is 0 Å². The van der Waals surface area contributed by atoms with Gasteiger partial charge in [0.25, 0.3) is 5.91 Å². The van der Waals surface area contributed by atoms with E-state index in [-0.39, 0.29) is 5.91 Å². The van der Waals surface area contributed by atoms with E-state index in [9.17, 15) is 4.79 Å². The number of carbonyl (C=O) groups is 1. The third kappa shape index (κ3) is 3.07. The zero-order valence-electron chi connectivity index (χ0n) is 12.5. The van der Waals surface area contributed by atoms with Crippen molar-refractivity contribution in [3.05, 3.63) is 52.3 Å². The summed E-state index contributed by atoms with van der Waals surface area (Å²) in [5, 5.41) is 7.34. The van der Waals surface area contributed by atoms with Crippen LogP contribution in [0.4, 0.5) is 0 Å². The molecule has 1 aromatic heterocycles. The highest BCUT2D eigenvalue weighted by atomic mass is 16.1. The quantitative estimate of drug-likeness (QED) is 0.929. The average molecular weight is 271 g/mol. The van der Waals surface area contributed by atoms with Crippen LogP contribution in [-0.2, 0) is 13.1 Å². The Hall–Kier alpha value is -2.10. The average Bonchev–Trinajstić information content (AvgIpc) is 2.76. The Labute approximate surface area is 119 Å². The Balaban J connectivity index is 2.06. The predicted octanol–water partition coefficient (Wildman–Crippen LogP) is 2.76. The third-order valence-corrected chi connectivity index (χ3v) is 3.44. The minimum atomic E-state index is -0.0360. The van der Waals surface area contributed by atoms with Crippen molar-refractivity contribution >= 4 is 5.91 Å². The van der Waals surface area contributed by atoms with Crippen molar-refractivity contribution in [3.8, 4) is 0 Å². The van der Waals surface area contributed by atoms with Crippen LogP contribution in [0.25, 0.3) is 0 Å². The van der Waals surface area contributed by atoms with Gasteiger partial charge in [0.05, 0.1) is 5.69 Å². The van der Waals surface area contributed by atoms with E-state index in [2.05, 4.69) is 10.4 Å². The zero-order chi connectivity index (χ0) is 14.7. The van der Waals surface area contributed by atoms with Gasteiger partial charge in [-0.25, -0.2) is 0 Å². The van der Waals surface area contributed by atoms with Gasteiger partial charge in [-0.05, 0) is 39.3 Å². The molecule has 1 aromatic carbocycles. The van der Waals surface area contributed by atoms with Crippen molar-refractivity contribution in [1.29, 1.82) is 0 Å². The smallest absolute Gasteiger partial charge is 0.251 e. The van der Waals surface area contributed by atoms with Crippen molar-refractivity contribution in [3.63, 3.8) is 0 Å². The summed E-state index contributed by atoms with van der Waals surface area (Å²) < 4.78 is 1.88. The van der Waals surface area contributed by atoms with Crippen molar-refractivity contribution in [1.82, 2.24) is 15.1 Å². The zero-order valence-corrected chi connectivity index (χ0v) is 12.5. The lowest BCUT2D eigenvalue weighted by molar-refractivity contribution is 0.0950. The van der Waals surface area contributed by atoms with Crippen molar-refractivity contribution in [2.24, 2.45) is 0 Å². The van der Waals surface area contributed by atoms with Crippen LogP contribution in [0.2, 0.25) is 0 Å². The van der Waals surface area contributed by atoms with Crippen LogP contribution < -0.4 is 5.32 Å². The molecular weight excluding hydrogens is 250 g/mol. The van der Waals surface area contributed by atoms with Gasteiger partial charge in [0.15, 0.2) is 0 Å². The van der Waals surface area contributed by atoms with E-state index in [1.807, 2.05) is 56.8 Å². The first-order valence-corrected chi connectivity index (χ1v) is 6.89. The summed E-state index contributed by atoms with van der Waals surface area (Å²) in [6.45, 7) is 9.35. The molecule has 1 amide bonds. The lowest BCUT2D eigenvalue weighted by Crippen LogP contribution is -2.23. The molecule has 0 aliphatic carbocycles. The second-order valence-electron chi connectivity index (χ2n) is 5.10. The Kier molecular flexibility index (Phi) is 4.23. The number of nitrogens with zero attached hydrogens (tertiary/aromatic N) is 2. The van der Waals surface area contributed by atoms with Gasteiger partial charge in [0, 0.05) is 30.4 Å². The van der Waals surface area contributed by atoms with Gasteiger partial charge in [-0.1, -0.05) is 17.7 Å². The lowest BCUT2D eigenvalue weighted by Gasteiger charge is -2.08. The Morgan fingerprint density at radius 2 is 2.05 bits per heavy atom. The summed E-state index contributed by atoms with van der Waals surface area (Å²) in [7, 11) is 0. The topological polar surface area (TPSA) is 46.9 Å². The van der Waals surface area contributed by atoms with Crippen LogP contribution in [0.5, 0.6) is 0 Å². The van der Waals surface area contributed by atoms with Gasteiger partial charge < -0.3 is 5.32 Å². The number of benzene rings is 1. The van der Waals surface area contributed by atoms with Crippen LogP contribution in [-0.4, -0.2) is 15.7 Å². The molecule has 1 heterocycles. The predicted molar refractivity (Wildman–Crippen MR) is 79.7 cm³/mol. The molecule has 0 unspecified atom stereocenters. The van der Waals surface area contributed by atoms with Gasteiger partial charge in [0.2, 0.25) is 0 Å². The summed E-state index contributed by atoms with van der Waals surface area (Å²) in [6, 6.07) is 5.86. The van der Waals surface area contributed by atoms with Crippen LogP contribution in [0.15, 0.2) is 24.4 Å². The van der Waals surface area contributed by atoms with Crippen LogP contribution in [0.3, 0.4) is 0 Å². The molecule has 0 aliphatic rings. The number of rotatable bonds is 4. The Morgan fingerprint density at radius 1 is 1.30 bits per heavy atom. The molecule has 4 heteroatoms.